The van der Waals surface area contributed by atoms with Gasteiger partial charge in [0.05, 0.1) is 33.7 Å². The number of halogens is 3. The average Bonchev–Trinajstić information content (AvgIpc) is 4.23. The van der Waals surface area contributed by atoms with Gasteiger partial charge in [0, 0.05) is 53.0 Å². The summed E-state index contributed by atoms with van der Waals surface area (Å²) in [5.41, 5.74) is 15.9. The van der Waals surface area contributed by atoms with Crippen molar-refractivity contribution in [2.24, 2.45) is 0 Å². The van der Waals surface area contributed by atoms with E-state index < -0.39 is 22.8 Å². The zero-order chi connectivity index (χ0) is 58.1. The second-order valence-electron chi connectivity index (χ2n) is 22.2. The third-order valence-electron chi connectivity index (χ3n) is 13.8. The van der Waals surface area contributed by atoms with Crippen LogP contribution in [0.4, 0.5) is 15.4 Å². The Morgan fingerprint density at radius 2 is 1.15 bits per heavy atom. The summed E-state index contributed by atoms with van der Waals surface area (Å²) in [6.07, 6.45) is 9.24. The third-order valence-corrected chi connectivity index (χ3v) is 13.8. The summed E-state index contributed by atoms with van der Waals surface area (Å²) >= 11 is 5.30. The van der Waals surface area contributed by atoms with Crippen LogP contribution in [0.2, 0.25) is 0 Å². The first-order valence-corrected chi connectivity index (χ1v) is 39.1. The number of hydrogen-bond donors (Lipinski definition) is 3. The normalized spacial score (nSPS) is 14.1. The van der Waals surface area contributed by atoms with E-state index in [4.69, 9.17) is 20.2 Å². The maximum atomic E-state index is 12.6. The van der Waals surface area contributed by atoms with Crippen LogP contribution >= 0.6 is 37.2 Å². The van der Waals surface area contributed by atoms with E-state index in [1.54, 1.807) is 6.07 Å². The number of fused-ring (bicyclic) bond motifs is 4. The Balaban J connectivity index is 0.000000173. The molecule has 81 heavy (non-hydrogen) atoms. The topological polar surface area (TPSA) is 210 Å². The van der Waals surface area contributed by atoms with Crippen molar-refractivity contribution in [1.29, 1.82) is 0 Å². The van der Waals surface area contributed by atoms with Crippen molar-refractivity contribution >= 4 is 89.6 Å². The summed E-state index contributed by atoms with van der Waals surface area (Å²) in [5.74, 6) is 0.420. The third kappa shape index (κ3) is 15.1. The molecule has 2 aliphatic rings. The zero-order valence-corrected chi connectivity index (χ0v) is 53.1. The molecule has 19 heteroatoms. The minimum absolute atomic E-state index is 0.0931. The molecule has 0 aliphatic heterocycles. The van der Waals surface area contributed by atoms with E-state index in [9.17, 15) is 19.2 Å². The number of ether oxygens (including phenoxy) is 2. The zero-order valence-electron chi connectivity index (χ0n) is 46.6. The number of pyridine rings is 1. The van der Waals surface area contributed by atoms with Crippen molar-refractivity contribution in [1.82, 2.24) is 44.8 Å². The fraction of sp³-hybridized carbons (Fsp3) is 0.306. The number of hydrogen-bond acceptors (Lipinski definition) is 12. The molecule has 422 valence electrons. The van der Waals surface area contributed by atoms with Crippen molar-refractivity contribution in [2.75, 3.05) is 5.73 Å². The second-order valence-corrected chi connectivity index (χ2v) is 38.4. The molecule has 0 saturated heterocycles. The van der Waals surface area contributed by atoms with Crippen LogP contribution in [0.25, 0.3) is 44.7 Å². The number of rotatable bonds is 10. The SMILES string of the molecule is CC(C)(C)OC(=O)NC1(c2ccc(C(=O)Cc3ccccc3)cc2)CCC1.Cc1cc2ncc(C=O)c(N)n2n1.Cc1cc2ncc3cc(-c4ccccc4)c(-c4ccc(C5(NC(=O)OC(C)(C)C)CCC5)cc4)nc3n2n1.I[I-]I. The predicted molar refractivity (Wildman–Crippen MR) is 330 cm³/mol. The fourth-order valence-corrected chi connectivity index (χ4v) is 9.72. The number of nitrogen functional groups attached to an aromatic ring is 1. The van der Waals surface area contributed by atoms with E-state index >= 15 is 0 Å². The Morgan fingerprint density at radius 3 is 1.64 bits per heavy atom. The molecule has 0 atom stereocenters. The molecule has 5 aromatic heterocycles. The van der Waals surface area contributed by atoms with Gasteiger partial charge in [0.25, 0.3) is 0 Å². The Hall–Kier alpha value is -6.60. The molecule has 11 rings (SSSR count). The molecule has 16 nitrogen and oxygen atoms in total. The van der Waals surface area contributed by atoms with Gasteiger partial charge < -0.3 is 25.8 Å². The van der Waals surface area contributed by atoms with Gasteiger partial charge in [-0.25, -0.2) is 24.5 Å². The Labute approximate surface area is 501 Å². The number of Topliss-reactive ketones (excluding diaryl/α,β-unsaturated/α-hetero) is 1. The van der Waals surface area contributed by atoms with Crippen molar-refractivity contribution in [3.05, 3.63) is 179 Å². The summed E-state index contributed by atoms with van der Waals surface area (Å²) < 4.78 is 14.2. The first-order chi connectivity index (χ1) is 38.6. The van der Waals surface area contributed by atoms with E-state index in [1.807, 2.05) is 145 Å². The number of aromatic nitrogens is 7. The Kier molecular flexibility index (Phi) is 19.5. The molecular formula is C62H66I3N10O6-. The maximum absolute atomic E-state index is 12.6. The Bertz CT molecular complexity index is 3670. The molecule has 2 saturated carbocycles. The molecular weight excluding hydrogens is 1360 g/mol. The quantitative estimate of drug-likeness (QED) is 0.0663. The van der Waals surface area contributed by atoms with Gasteiger partial charge >= 0.3 is 62.7 Å². The molecule has 2 amide bonds. The molecule has 9 aromatic rings. The van der Waals surface area contributed by atoms with Gasteiger partial charge in [0.15, 0.2) is 29.0 Å². The number of nitrogens with zero attached hydrogens (tertiary/aromatic N) is 7. The molecule has 4 N–H and O–H groups in total. The number of benzene rings is 4. The van der Waals surface area contributed by atoms with Crippen LogP contribution in [-0.4, -0.2) is 69.6 Å². The summed E-state index contributed by atoms with van der Waals surface area (Å²) in [5, 5.41) is 15.8. The minimum atomic E-state index is -0.539. The number of aryl methyl sites for hydroxylation is 2. The van der Waals surface area contributed by atoms with Gasteiger partial charge in [0.1, 0.15) is 17.0 Å². The second kappa shape index (κ2) is 26.1. The monoisotopic (exact) mass is 1430 g/mol. The van der Waals surface area contributed by atoms with Crippen LogP contribution in [0.1, 0.15) is 129 Å². The molecule has 4 aromatic carbocycles. The molecule has 2 fully saturated rings. The van der Waals surface area contributed by atoms with Gasteiger partial charge in [-0.05, 0) is 122 Å². The predicted octanol–water partition coefficient (Wildman–Crippen LogP) is 11.0. The molecule has 0 unspecified atom stereocenters. The van der Waals surface area contributed by atoms with Gasteiger partial charge in [-0.2, -0.15) is 19.2 Å². The summed E-state index contributed by atoms with van der Waals surface area (Å²) in [6, 6.07) is 41.9. The van der Waals surface area contributed by atoms with E-state index in [2.05, 4.69) is 110 Å². The van der Waals surface area contributed by atoms with Crippen LogP contribution in [0.15, 0.2) is 140 Å². The number of ketones is 1. The van der Waals surface area contributed by atoms with Crippen LogP contribution in [0, 0.1) is 13.8 Å². The van der Waals surface area contributed by atoms with E-state index in [-0.39, 0.29) is 17.4 Å². The number of carbonyl (C=O) groups excluding carboxylic acids is 4. The van der Waals surface area contributed by atoms with Crippen molar-refractivity contribution in [3.8, 4) is 22.4 Å². The number of alkyl carbamates (subject to hydrolysis) is 2. The Morgan fingerprint density at radius 1 is 0.667 bits per heavy atom. The molecule has 2 aliphatic carbocycles. The van der Waals surface area contributed by atoms with Gasteiger partial charge in [-0.1, -0.05) is 109 Å². The van der Waals surface area contributed by atoms with Crippen molar-refractivity contribution in [2.45, 2.75) is 123 Å². The van der Waals surface area contributed by atoms with E-state index in [1.165, 1.54) is 10.7 Å². The first kappa shape index (κ1) is 60.5. The number of carbonyl (C=O) groups is 4. The summed E-state index contributed by atoms with van der Waals surface area (Å²) in [6.45, 7) is 15.0. The van der Waals surface area contributed by atoms with Crippen molar-refractivity contribution in [3.63, 3.8) is 0 Å². The molecule has 0 spiro atoms. The standard InChI is InChI=1S/C31H31N5O2.C23H27NO3.C8H8N4O.I3/c1-20-17-26-32-19-23-18-25(21-9-6-5-7-10-21)27(33-28(23)36(26)35-20)22-11-13-24(14-12-22)31(15-8-16-31)34-29(37)38-30(2,3)4;1-22(2,3)27-21(26)24-23(14-7-15-23)19-12-10-18(11-13-19)20(25)16-17-8-5-4-6-9-17;1-5-2-7-10-3-6(4-13)8(9)12(7)11-5;1-3-2/h5-7,9-14,17-19H,8,15-16H2,1-4H3,(H,34,37);4-6,8-13H,7,14-16H2,1-3H3,(H,24,26);2-4H,9H2,1H3;/q;;;-1. The van der Waals surface area contributed by atoms with Crippen LogP contribution in [0.5, 0.6) is 0 Å². The van der Waals surface area contributed by atoms with Crippen LogP contribution in [-0.2, 0) is 27.0 Å². The van der Waals surface area contributed by atoms with Gasteiger partial charge in [-0.15, -0.1) is 0 Å². The number of nitrogens with one attached hydrogen (secondary N) is 2. The van der Waals surface area contributed by atoms with Crippen LogP contribution < -0.4 is 29.6 Å². The number of anilines is 1. The number of amides is 2. The first-order valence-electron chi connectivity index (χ1n) is 26.6. The molecule has 0 radical (unpaired) electrons. The summed E-state index contributed by atoms with van der Waals surface area (Å²) in [4.78, 5) is 61.6. The van der Waals surface area contributed by atoms with Gasteiger partial charge in [0.2, 0.25) is 0 Å². The average molecular weight is 1430 g/mol. The van der Waals surface area contributed by atoms with Gasteiger partial charge in [-0.3, -0.25) is 9.59 Å². The molecule has 5 heterocycles. The number of nitrogens with two attached hydrogens (primary N) is 1. The van der Waals surface area contributed by atoms with E-state index in [0.717, 1.165) is 106 Å². The number of aldehydes is 1. The van der Waals surface area contributed by atoms with E-state index in [0.29, 0.717) is 48.6 Å². The summed E-state index contributed by atoms with van der Waals surface area (Å²) in [7, 11) is 0. The molecule has 0 bridgehead atoms. The fourth-order valence-electron chi connectivity index (χ4n) is 9.72. The van der Waals surface area contributed by atoms with Crippen molar-refractivity contribution < 1.29 is 41.9 Å². The van der Waals surface area contributed by atoms with Crippen LogP contribution in [0.3, 0.4) is 0 Å².